The molecule has 2 aromatic heterocycles. The van der Waals surface area contributed by atoms with Gasteiger partial charge in [0, 0.05) is 5.56 Å². The van der Waals surface area contributed by atoms with E-state index >= 15 is 0 Å². The highest BCUT2D eigenvalue weighted by molar-refractivity contribution is 6.13. The molecule has 4 rings (SSSR count). The molecule has 6 heteroatoms. The minimum atomic E-state index is -0.277. The Labute approximate surface area is 168 Å². The van der Waals surface area contributed by atoms with Crippen LogP contribution in [0.25, 0.3) is 22.4 Å². The Balaban J connectivity index is 1.81. The van der Waals surface area contributed by atoms with Crippen molar-refractivity contribution in [3.63, 3.8) is 0 Å². The first kappa shape index (κ1) is 18.7. The molecule has 6 nitrogen and oxygen atoms in total. The van der Waals surface area contributed by atoms with Gasteiger partial charge in [0.15, 0.2) is 0 Å². The first-order valence-electron chi connectivity index (χ1n) is 9.26. The fourth-order valence-corrected chi connectivity index (χ4v) is 3.26. The zero-order valence-electron chi connectivity index (χ0n) is 16.7. The third-order valence-corrected chi connectivity index (χ3v) is 4.81. The molecular weight excluding hydrogens is 366 g/mol. The van der Waals surface area contributed by atoms with Crippen LogP contribution in [-0.2, 0) is 0 Å². The molecule has 0 unspecified atom stereocenters. The number of anilines is 1. The van der Waals surface area contributed by atoms with Crippen LogP contribution in [0.15, 0.2) is 53.1 Å². The summed E-state index contributed by atoms with van der Waals surface area (Å²) in [5.41, 5.74) is 5.72. The maximum atomic E-state index is 13.2. The monoisotopic (exact) mass is 387 g/mol. The van der Waals surface area contributed by atoms with Crippen molar-refractivity contribution < 1.29 is 14.1 Å². The number of ether oxygens (including phenoxy) is 1. The molecule has 0 atom stereocenters. The van der Waals surface area contributed by atoms with Crippen LogP contribution >= 0.6 is 0 Å². The van der Waals surface area contributed by atoms with E-state index in [-0.39, 0.29) is 5.91 Å². The number of carbonyl (C=O) groups excluding carboxylic acids is 1. The van der Waals surface area contributed by atoms with Gasteiger partial charge in [-0.05, 0) is 44.5 Å². The summed E-state index contributed by atoms with van der Waals surface area (Å²) in [4.78, 5) is 17.8. The summed E-state index contributed by atoms with van der Waals surface area (Å²) in [5.74, 6) is 0.316. The van der Waals surface area contributed by atoms with Gasteiger partial charge in [-0.3, -0.25) is 4.79 Å². The van der Waals surface area contributed by atoms with Crippen LogP contribution in [-0.4, -0.2) is 23.2 Å². The predicted molar refractivity (Wildman–Crippen MR) is 112 cm³/mol. The number of aryl methyl sites for hydroxylation is 3. The molecule has 0 aliphatic heterocycles. The molecule has 0 radical (unpaired) electrons. The number of carbonyl (C=O) groups is 1. The molecule has 0 aliphatic carbocycles. The van der Waals surface area contributed by atoms with E-state index in [0.717, 1.165) is 16.7 Å². The van der Waals surface area contributed by atoms with Gasteiger partial charge in [-0.15, -0.1) is 0 Å². The van der Waals surface area contributed by atoms with Crippen LogP contribution in [0.3, 0.4) is 0 Å². The zero-order valence-corrected chi connectivity index (χ0v) is 16.7. The summed E-state index contributed by atoms with van der Waals surface area (Å²) in [7, 11) is 1.57. The summed E-state index contributed by atoms with van der Waals surface area (Å²) in [5, 5.41) is 7.56. The smallest absolute Gasteiger partial charge is 0.259 e. The lowest BCUT2D eigenvalue weighted by molar-refractivity contribution is 0.102. The highest BCUT2D eigenvalue weighted by atomic mass is 16.5. The van der Waals surface area contributed by atoms with Crippen molar-refractivity contribution in [3.8, 4) is 17.0 Å². The second kappa shape index (κ2) is 7.39. The number of nitrogens with one attached hydrogen (secondary N) is 1. The maximum absolute atomic E-state index is 13.2. The van der Waals surface area contributed by atoms with Gasteiger partial charge in [0.25, 0.3) is 11.6 Å². The predicted octanol–water partition coefficient (Wildman–Crippen LogP) is 5.08. The van der Waals surface area contributed by atoms with E-state index in [1.807, 2.05) is 56.3 Å². The molecule has 2 heterocycles. The minimum absolute atomic E-state index is 0.277. The fourth-order valence-electron chi connectivity index (χ4n) is 3.26. The molecule has 0 saturated carbocycles. The van der Waals surface area contributed by atoms with Crippen molar-refractivity contribution in [2.45, 2.75) is 20.8 Å². The van der Waals surface area contributed by atoms with Gasteiger partial charge in [0.05, 0.1) is 35.1 Å². The van der Waals surface area contributed by atoms with E-state index in [1.165, 1.54) is 0 Å². The van der Waals surface area contributed by atoms with Crippen LogP contribution in [0.1, 0.15) is 27.2 Å². The highest BCUT2D eigenvalue weighted by Crippen LogP contribution is 2.30. The van der Waals surface area contributed by atoms with Gasteiger partial charge >= 0.3 is 0 Å². The molecule has 0 saturated heterocycles. The number of nitrogens with zero attached hydrogens (tertiary/aromatic N) is 2. The second-order valence-corrected chi connectivity index (χ2v) is 7.03. The number of aromatic nitrogens is 2. The molecular formula is C23H21N3O3. The third-order valence-electron chi connectivity index (χ3n) is 4.81. The molecule has 0 spiro atoms. The summed E-state index contributed by atoms with van der Waals surface area (Å²) in [6, 6.07) is 15.4. The van der Waals surface area contributed by atoms with Gasteiger partial charge in [-0.1, -0.05) is 41.1 Å². The first-order chi connectivity index (χ1) is 14.0. The van der Waals surface area contributed by atoms with Gasteiger partial charge in [-0.2, -0.15) is 0 Å². The lowest BCUT2D eigenvalue weighted by Gasteiger charge is -2.12. The first-order valence-corrected chi connectivity index (χ1v) is 9.26. The van der Waals surface area contributed by atoms with Gasteiger partial charge in [-0.25, -0.2) is 4.98 Å². The van der Waals surface area contributed by atoms with E-state index in [9.17, 15) is 4.79 Å². The Hall–Kier alpha value is -3.67. The standard InChI is InChI=1S/C23H21N3O3/c1-13-5-8-16(9-6-13)18-12-17(21-15(3)26-29-23(21)25-18)22(27)24-19-11-14(2)7-10-20(19)28-4/h5-12H,1-4H3,(H,24,27). The topological polar surface area (TPSA) is 77.2 Å². The van der Waals surface area contributed by atoms with E-state index < -0.39 is 0 Å². The van der Waals surface area contributed by atoms with Crippen molar-refractivity contribution in [1.82, 2.24) is 10.1 Å². The lowest BCUT2D eigenvalue weighted by Crippen LogP contribution is -2.14. The van der Waals surface area contributed by atoms with Gasteiger partial charge in [0.1, 0.15) is 5.75 Å². The molecule has 2 aromatic carbocycles. The van der Waals surface area contributed by atoms with Crippen molar-refractivity contribution >= 4 is 22.7 Å². The largest absolute Gasteiger partial charge is 0.495 e. The number of hydrogen-bond acceptors (Lipinski definition) is 5. The Morgan fingerprint density at radius 3 is 2.45 bits per heavy atom. The van der Waals surface area contributed by atoms with E-state index in [0.29, 0.717) is 39.5 Å². The van der Waals surface area contributed by atoms with Gasteiger partial charge < -0.3 is 14.6 Å². The zero-order chi connectivity index (χ0) is 20.5. The van der Waals surface area contributed by atoms with Crippen LogP contribution in [0.5, 0.6) is 5.75 Å². The minimum Gasteiger partial charge on any atom is -0.495 e. The number of hydrogen-bond donors (Lipinski definition) is 1. The molecule has 146 valence electrons. The number of methoxy groups -OCH3 is 1. The Morgan fingerprint density at radius 1 is 1.00 bits per heavy atom. The van der Waals surface area contributed by atoms with E-state index in [1.54, 1.807) is 20.1 Å². The molecule has 0 aliphatic rings. The van der Waals surface area contributed by atoms with Crippen molar-refractivity contribution in [1.29, 1.82) is 0 Å². The summed E-state index contributed by atoms with van der Waals surface area (Å²) in [6.07, 6.45) is 0. The summed E-state index contributed by atoms with van der Waals surface area (Å²) >= 11 is 0. The van der Waals surface area contributed by atoms with E-state index in [4.69, 9.17) is 9.26 Å². The van der Waals surface area contributed by atoms with Crippen molar-refractivity contribution in [2.75, 3.05) is 12.4 Å². The van der Waals surface area contributed by atoms with Crippen LogP contribution < -0.4 is 10.1 Å². The third kappa shape index (κ3) is 3.57. The number of rotatable bonds is 4. The quantitative estimate of drug-likeness (QED) is 0.529. The Bertz CT molecular complexity index is 1210. The SMILES string of the molecule is COc1ccc(C)cc1NC(=O)c1cc(-c2ccc(C)cc2)nc2onc(C)c12. The normalized spacial score (nSPS) is 10.9. The summed E-state index contributed by atoms with van der Waals surface area (Å²) < 4.78 is 10.8. The van der Waals surface area contributed by atoms with E-state index in [2.05, 4.69) is 15.5 Å². The van der Waals surface area contributed by atoms with Crippen LogP contribution in [0.2, 0.25) is 0 Å². The fraction of sp³-hybridized carbons (Fsp3) is 0.174. The van der Waals surface area contributed by atoms with Crippen LogP contribution in [0, 0.1) is 20.8 Å². The van der Waals surface area contributed by atoms with Crippen molar-refractivity contribution in [3.05, 3.63) is 70.9 Å². The maximum Gasteiger partial charge on any atom is 0.259 e. The Kier molecular flexibility index (Phi) is 4.76. The van der Waals surface area contributed by atoms with Gasteiger partial charge in [0.2, 0.25) is 0 Å². The molecule has 1 amide bonds. The highest BCUT2D eigenvalue weighted by Gasteiger charge is 2.20. The van der Waals surface area contributed by atoms with Crippen LogP contribution in [0.4, 0.5) is 5.69 Å². The molecule has 0 fully saturated rings. The average molecular weight is 387 g/mol. The molecule has 1 N–H and O–H groups in total. The molecule has 4 aromatic rings. The van der Waals surface area contributed by atoms with Crippen molar-refractivity contribution in [2.24, 2.45) is 0 Å². The lowest BCUT2D eigenvalue weighted by atomic mass is 10.0. The number of benzene rings is 2. The number of fused-ring (bicyclic) bond motifs is 1. The number of amides is 1. The second-order valence-electron chi connectivity index (χ2n) is 7.03. The summed E-state index contributed by atoms with van der Waals surface area (Å²) in [6.45, 7) is 5.77. The number of pyridine rings is 1. The Morgan fingerprint density at radius 2 is 1.72 bits per heavy atom. The average Bonchev–Trinajstić information content (AvgIpc) is 3.09. The molecule has 0 bridgehead atoms. The molecule has 29 heavy (non-hydrogen) atoms.